The third-order valence-corrected chi connectivity index (χ3v) is 5.38. The van der Waals surface area contributed by atoms with Crippen LogP contribution in [0.3, 0.4) is 0 Å². The predicted molar refractivity (Wildman–Crippen MR) is 133 cm³/mol. The van der Waals surface area contributed by atoms with Crippen LogP contribution in [-0.4, -0.2) is 18.0 Å². The summed E-state index contributed by atoms with van der Waals surface area (Å²) in [6, 6.07) is 17.4. The molecule has 170 valence electrons. The van der Waals surface area contributed by atoms with Crippen molar-refractivity contribution >= 4 is 58.6 Å². The second-order valence-corrected chi connectivity index (χ2v) is 7.91. The van der Waals surface area contributed by atoms with E-state index >= 15 is 0 Å². The zero-order chi connectivity index (χ0) is 22.2. The summed E-state index contributed by atoms with van der Waals surface area (Å²) in [4.78, 5) is 10.3. The van der Waals surface area contributed by atoms with Crippen LogP contribution >= 0.6 is 47.2 Å². The fourth-order valence-corrected chi connectivity index (χ4v) is 3.49. The first-order valence-corrected chi connectivity index (χ1v) is 10.6. The van der Waals surface area contributed by atoms with E-state index in [9.17, 15) is 10.1 Å². The molecule has 3 aromatic rings. The van der Waals surface area contributed by atoms with E-state index in [1.807, 2.05) is 36.4 Å². The first-order chi connectivity index (χ1) is 14.9. The van der Waals surface area contributed by atoms with Gasteiger partial charge in [0.25, 0.3) is 5.69 Å². The molecule has 32 heavy (non-hydrogen) atoms. The van der Waals surface area contributed by atoms with Gasteiger partial charge in [-0.25, -0.2) is 0 Å². The molecule has 0 saturated heterocycles. The van der Waals surface area contributed by atoms with Crippen molar-refractivity contribution in [2.24, 2.45) is 0 Å². The van der Waals surface area contributed by atoms with E-state index in [0.717, 1.165) is 16.9 Å². The number of nitro benzene ring substituents is 1. The summed E-state index contributed by atoms with van der Waals surface area (Å²) in [7, 11) is 0. The van der Waals surface area contributed by atoms with Gasteiger partial charge < -0.3 is 15.4 Å². The molecule has 0 saturated carbocycles. The zero-order valence-electron chi connectivity index (χ0n) is 16.8. The summed E-state index contributed by atoms with van der Waals surface area (Å²) in [6.07, 6.45) is 0. The van der Waals surface area contributed by atoms with Crippen LogP contribution in [0.25, 0.3) is 0 Å². The number of nitrogens with one attached hydrogen (secondary N) is 2. The number of nitrogens with zero attached hydrogens (tertiary/aromatic N) is 1. The maximum absolute atomic E-state index is 10.8. The normalized spacial score (nSPS) is 10.3. The summed E-state index contributed by atoms with van der Waals surface area (Å²) < 4.78 is 5.96. The monoisotopic (exact) mass is 515 g/mol. The van der Waals surface area contributed by atoms with Crippen molar-refractivity contribution in [2.45, 2.75) is 13.2 Å². The van der Waals surface area contributed by atoms with Gasteiger partial charge in [0.2, 0.25) is 0 Å². The third-order valence-electron chi connectivity index (χ3n) is 4.46. The van der Waals surface area contributed by atoms with E-state index in [2.05, 4.69) is 10.6 Å². The Hall–Kier alpha value is -2.22. The Morgan fingerprint density at radius 3 is 2.41 bits per heavy atom. The summed E-state index contributed by atoms with van der Waals surface area (Å²) in [5, 5.41) is 18.8. The molecule has 0 heterocycles. The lowest BCUT2D eigenvalue weighted by Crippen LogP contribution is -2.22. The van der Waals surface area contributed by atoms with Crippen molar-refractivity contribution in [1.82, 2.24) is 5.32 Å². The van der Waals surface area contributed by atoms with Gasteiger partial charge in [-0.15, -0.1) is 12.4 Å². The number of hydrogen-bond donors (Lipinski definition) is 2. The average Bonchev–Trinajstić information content (AvgIpc) is 2.74. The first kappa shape index (κ1) is 26.0. The van der Waals surface area contributed by atoms with Gasteiger partial charge in [-0.1, -0.05) is 53.0 Å². The lowest BCUT2D eigenvalue weighted by atomic mass is 10.2. The second-order valence-electron chi connectivity index (χ2n) is 6.66. The van der Waals surface area contributed by atoms with Gasteiger partial charge in [0.1, 0.15) is 12.4 Å². The average molecular weight is 517 g/mol. The molecule has 3 aromatic carbocycles. The van der Waals surface area contributed by atoms with E-state index in [1.165, 1.54) is 12.1 Å². The molecule has 0 bridgehead atoms. The summed E-state index contributed by atoms with van der Waals surface area (Å²) in [5.41, 5.74) is 2.43. The maximum Gasteiger partial charge on any atom is 0.271 e. The molecule has 0 fully saturated rings. The number of anilines is 1. The van der Waals surface area contributed by atoms with Crippen LogP contribution < -0.4 is 15.4 Å². The highest BCUT2D eigenvalue weighted by atomic mass is 35.5. The number of benzene rings is 3. The minimum absolute atomic E-state index is 0. The Morgan fingerprint density at radius 2 is 1.69 bits per heavy atom. The number of nitro groups is 1. The highest BCUT2D eigenvalue weighted by Gasteiger charge is 2.09. The molecule has 0 aliphatic carbocycles. The molecule has 0 amide bonds. The quantitative estimate of drug-likeness (QED) is 0.177. The Bertz CT molecular complexity index is 1070. The fourth-order valence-electron chi connectivity index (χ4n) is 2.87. The van der Waals surface area contributed by atoms with Crippen molar-refractivity contribution in [2.75, 3.05) is 18.4 Å². The number of ether oxygens (including phenoxy) is 1. The minimum atomic E-state index is -0.479. The predicted octanol–water partition coefficient (Wildman–Crippen LogP) is 6.76. The van der Waals surface area contributed by atoms with Crippen LogP contribution in [0.2, 0.25) is 15.1 Å². The van der Waals surface area contributed by atoms with Crippen molar-refractivity contribution in [3.8, 4) is 5.75 Å². The van der Waals surface area contributed by atoms with E-state index in [1.54, 1.807) is 12.1 Å². The van der Waals surface area contributed by atoms with Crippen LogP contribution in [0.1, 0.15) is 11.1 Å². The highest BCUT2D eigenvalue weighted by molar-refractivity contribution is 6.33. The zero-order valence-corrected chi connectivity index (χ0v) is 19.9. The molecule has 0 aliphatic rings. The molecular weight excluding hydrogens is 496 g/mol. The fraction of sp³-hybridized carbons (Fsp3) is 0.182. The lowest BCUT2D eigenvalue weighted by molar-refractivity contribution is -0.384. The minimum Gasteiger partial charge on any atom is -0.489 e. The standard InChI is InChI=1S/C22H20Cl3N3O3.ClH/c23-17-5-8-22(31-14-15-3-1-2-4-19(15)24)16(11-17)13-26-9-10-27-21-7-6-18(28(29)30)12-20(21)25;/h1-8,11-12,26-27H,9-10,13-14H2;1H. The van der Waals surface area contributed by atoms with Crippen LogP contribution in [0.5, 0.6) is 5.75 Å². The van der Waals surface area contributed by atoms with Crippen LogP contribution in [-0.2, 0) is 13.2 Å². The Labute approximate surface area is 207 Å². The summed E-state index contributed by atoms with van der Waals surface area (Å²) in [5.74, 6) is 0.725. The molecule has 0 radical (unpaired) electrons. The van der Waals surface area contributed by atoms with Crippen molar-refractivity contribution in [3.05, 3.63) is 97.0 Å². The molecule has 3 rings (SSSR count). The van der Waals surface area contributed by atoms with Gasteiger partial charge in [-0.3, -0.25) is 10.1 Å². The van der Waals surface area contributed by atoms with Gasteiger partial charge in [-0.2, -0.15) is 0 Å². The number of halogens is 4. The molecule has 10 heteroatoms. The van der Waals surface area contributed by atoms with Gasteiger partial charge in [0.15, 0.2) is 0 Å². The molecular formula is C22H21Cl4N3O3. The SMILES string of the molecule is Cl.O=[N+]([O-])c1ccc(NCCNCc2cc(Cl)ccc2OCc2ccccc2Cl)c(Cl)c1. The lowest BCUT2D eigenvalue weighted by Gasteiger charge is -2.14. The molecule has 0 aromatic heterocycles. The smallest absolute Gasteiger partial charge is 0.271 e. The van der Waals surface area contributed by atoms with Gasteiger partial charge in [0, 0.05) is 52.9 Å². The molecule has 6 nitrogen and oxygen atoms in total. The topological polar surface area (TPSA) is 76.4 Å². The Morgan fingerprint density at radius 1 is 0.906 bits per heavy atom. The largest absolute Gasteiger partial charge is 0.489 e. The highest BCUT2D eigenvalue weighted by Crippen LogP contribution is 2.27. The number of non-ortho nitro benzene ring substituents is 1. The van der Waals surface area contributed by atoms with Crippen LogP contribution in [0.4, 0.5) is 11.4 Å². The summed E-state index contributed by atoms with van der Waals surface area (Å²) in [6.45, 7) is 2.11. The van der Waals surface area contributed by atoms with Crippen molar-refractivity contribution in [3.63, 3.8) is 0 Å². The summed E-state index contributed by atoms with van der Waals surface area (Å²) >= 11 is 18.4. The van der Waals surface area contributed by atoms with Gasteiger partial charge >= 0.3 is 0 Å². The van der Waals surface area contributed by atoms with Gasteiger partial charge in [0.05, 0.1) is 15.6 Å². The third kappa shape index (κ3) is 7.43. The Balaban J connectivity index is 0.00000363. The van der Waals surface area contributed by atoms with Crippen molar-refractivity contribution < 1.29 is 9.66 Å². The molecule has 0 spiro atoms. The van der Waals surface area contributed by atoms with E-state index in [4.69, 9.17) is 39.5 Å². The van der Waals surface area contributed by atoms with Crippen molar-refractivity contribution in [1.29, 1.82) is 0 Å². The maximum atomic E-state index is 10.8. The van der Waals surface area contributed by atoms with E-state index in [0.29, 0.717) is 47.0 Å². The molecule has 0 unspecified atom stereocenters. The Kier molecular flexibility index (Phi) is 10.4. The van der Waals surface area contributed by atoms with Crippen LogP contribution in [0.15, 0.2) is 60.7 Å². The van der Waals surface area contributed by atoms with Crippen LogP contribution in [0, 0.1) is 10.1 Å². The van der Waals surface area contributed by atoms with Gasteiger partial charge in [-0.05, 0) is 30.3 Å². The molecule has 0 atom stereocenters. The first-order valence-electron chi connectivity index (χ1n) is 9.47. The molecule has 2 N–H and O–H groups in total. The molecule has 0 aliphatic heterocycles. The second kappa shape index (κ2) is 12.7. The number of rotatable bonds is 10. The van der Waals surface area contributed by atoms with E-state index < -0.39 is 4.92 Å². The van der Waals surface area contributed by atoms with E-state index in [-0.39, 0.29) is 18.1 Å². The number of hydrogen-bond acceptors (Lipinski definition) is 5.